The molecule has 0 radical (unpaired) electrons. The van der Waals surface area contributed by atoms with Gasteiger partial charge in [-0.25, -0.2) is 0 Å². The van der Waals surface area contributed by atoms with Crippen molar-refractivity contribution in [1.29, 1.82) is 0 Å². The van der Waals surface area contributed by atoms with Gasteiger partial charge in [0.15, 0.2) is 5.78 Å². The number of Topliss-reactive ketones (excluding diaryl/α,β-unsaturated/α-hetero) is 1. The van der Waals surface area contributed by atoms with Crippen LogP contribution in [0.3, 0.4) is 0 Å². The number of methoxy groups -OCH3 is 1. The number of hydrogen-bond acceptors (Lipinski definition) is 4. The van der Waals surface area contributed by atoms with E-state index in [0.717, 1.165) is 63.3 Å². The van der Waals surface area contributed by atoms with Crippen LogP contribution in [0.2, 0.25) is 0 Å². The highest BCUT2D eigenvalue weighted by molar-refractivity contribution is 5.98. The van der Waals surface area contributed by atoms with E-state index in [0.29, 0.717) is 12.8 Å². The van der Waals surface area contributed by atoms with Gasteiger partial charge in [-0.3, -0.25) is 14.5 Å². The van der Waals surface area contributed by atoms with E-state index in [1.165, 1.54) is 23.1 Å². The van der Waals surface area contributed by atoms with E-state index in [1.54, 1.807) is 7.11 Å². The first-order chi connectivity index (χ1) is 15.1. The first-order valence-electron chi connectivity index (χ1n) is 11.4. The van der Waals surface area contributed by atoms with Crippen LogP contribution in [-0.2, 0) is 24.2 Å². The summed E-state index contributed by atoms with van der Waals surface area (Å²) in [5.74, 6) is 1.05. The number of aryl methyl sites for hydroxylation is 2. The number of carbonyl (C=O) groups excluding carboxylic acids is 2. The highest BCUT2D eigenvalue weighted by atomic mass is 16.5. The molecule has 2 aromatic carbocycles. The number of carbonyl (C=O) groups is 2. The molecule has 5 nitrogen and oxygen atoms in total. The topological polar surface area (TPSA) is 49.9 Å². The normalized spacial score (nSPS) is 16.6. The maximum atomic E-state index is 12.8. The molecule has 0 bridgehead atoms. The summed E-state index contributed by atoms with van der Waals surface area (Å²) >= 11 is 0. The first-order valence-corrected chi connectivity index (χ1v) is 11.4. The lowest BCUT2D eigenvalue weighted by atomic mass is 10.0. The Bertz CT molecular complexity index is 923. The van der Waals surface area contributed by atoms with Crippen LogP contribution in [0.1, 0.15) is 52.7 Å². The van der Waals surface area contributed by atoms with E-state index < -0.39 is 0 Å². The largest absolute Gasteiger partial charge is 0.497 e. The summed E-state index contributed by atoms with van der Waals surface area (Å²) in [6.45, 7) is 4.20. The van der Waals surface area contributed by atoms with Gasteiger partial charge in [0, 0.05) is 51.1 Å². The van der Waals surface area contributed by atoms with Crippen molar-refractivity contribution in [2.45, 2.75) is 45.1 Å². The van der Waals surface area contributed by atoms with E-state index in [2.05, 4.69) is 23.1 Å². The fraction of sp³-hybridized carbons (Fsp3) is 0.462. The summed E-state index contributed by atoms with van der Waals surface area (Å²) in [6, 6.07) is 14.2. The predicted molar refractivity (Wildman–Crippen MR) is 121 cm³/mol. The SMILES string of the molecule is COc1ccc(CN2CCCN(C(=O)CCC(=O)c3ccc4c(c3)CCC4)CC2)cc1. The van der Waals surface area contributed by atoms with Crippen molar-refractivity contribution in [3.05, 3.63) is 64.7 Å². The third kappa shape index (κ3) is 5.53. The molecule has 2 aliphatic rings. The lowest BCUT2D eigenvalue weighted by Crippen LogP contribution is -2.35. The second-order valence-electron chi connectivity index (χ2n) is 8.62. The second-order valence-corrected chi connectivity index (χ2v) is 8.62. The van der Waals surface area contributed by atoms with Gasteiger partial charge in [-0.15, -0.1) is 0 Å². The number of fused-ring (bicyclic) bond motifs is 1. The average molecular weight is 421 g/mol. The van der Waals surface area contributed by atoms with Gasteiger partial charge >= 0.3 is 0 Å². The van der Waals surface area contributed by atoms with Crippen LogP contribution in [0.4, 0.5) is 0 Å². The van der Waals surface area contributed by atoms with Crippen molar-refractivity contribution in [3.63, 3.8) is 0 Å². The molecule has 4 rings (SSSR count). The van der Waals surface area contributed by atoms with Gasteiger partial charge in [0.2, 0.25) is 5.91 Å². The number of rotatable bonds is 7. The van der Waals surface area contributed by atoms with Crippen molar-refractivity contribution >= 4 is 11.7 Å². The zero-order chi connectivity index (χ0) is 21.6. The standard InChI is InChI=1S/C26H32N2O3/c1-31-24-10-6-20(7-11-24)19-27-14-3-15-28(17-16-27)26(30)13-12-25(29)23-9-8-21-4-2-5-22(21)18-23/h6-11,18H,2-5,12-17,19H2,1H3. The number of ether oxygens (including phenoxy) is 1. The van der Waals surface area contributed by atoms with Crippen molar-refractivity contribution in [2.75, 3.05) is 33.3 Å². The molecule has 1 aliphatic carbocycles. The molecule has 2 aromatic rings. The van der Waals surface area contributed by atoms with E-state index in [1.807, 2.05) is 29.2 Å². The van der Waals surface area contributed by atoms with Gasteiger partial charge in [0.25, 0.3) is 0 Å². The number of hydrogen-bond donors (Lipinski definition) is 0. The van der Waals surface area contributed by atoms with Crippen LogP contribution in [-0.4, -0.2) is 54.8 Å². The molecule has 31 heavy (non-hydrogen) atoms. The van der Waals surface area contributed by atoms with Gasteiger partial charge in [-0.05, 0) is 60.6 Å². The Morgan fingerprint density at radius 1 is 0.871 bits per heavy atom. The smallest absolute Gasteiger partial charge is 0.223 e. The van der Waals surface area contributed by atoms with E-state index in [4.69, 9.17) is 4.74 Å². The number of ketones is 1. The third-order valence-corrected chi connectivity index (χ3v) is 6.49. The van der Waals surface area contributed by atoms with Gasteiger partial charge in [0.1, 0.15) is 5.75 Å². The Labute approximate surface area is 185 Å². The Hall–Kier alpha value is -2.66. The second kappa shape index (κ2) is 10.1. The molecule has 1 saturated heterocycles. The molecule has 1 fully saturated rings. The first kappa shape index (κ1) is 21.6. The Morgan fingerprint density at radius 3 is 2.48 bits per heavy atom. The minimum Gasteiger partial charge on any atom is -0.497 e. The summed E-state index contributed by atoms with van der Waals surface area (Å²) < 4.78 is 5.23. The summed E-state index contributed by atoms with van der Waals surface area (Å²) in [4.78, 5) is 29.7. The number of amides is 1. The van der Waals surface area contributed by atoms with E-state index in [-0.39, 0.29) is 11.7 Å². The minimum absolute atomic E-state index is 0.0824. The van der Waals surface area contributed by atoms with Crippen molar-refractivity contribution in [2.24, 2.45) is 0 Å². The molecular formula is C26H32N2O3. The quantitative estimate of drug-likeness (QED) is 0.638. The van der Waals surface area contributed by atoms with Crippen LogP contribution in [0.25, 0.3) is 0 Å². The summed E-state index contributed by atoms with van der Waals surface area (Å²) in [7, 11) is 1.68. The molecule has 1 amide bonds. The number of benzene rings is 2. The third-order valence-electron chi connectivity index (χ3n) is 6.49. The van der Waals surface area contributed by atoms with Crippen LogP contribution in [0, 0.1) is 0 Å². The molecule has 1 aliphatic heterocycles. The highest BCUT2D eigenvalue weighted by Gasteiger charge is 2.21. The summed E-state index contributed by atoms with van der Waals surface area (Å²) in [6.07, 6.45) is 4.91. The fourth-order valence-corrected chi connectivity index (χ4v) is 4.64. The van der Waals surface area contributed by atoms with Crippen molar-refractivity contribution in [3.8, 4) is 5.75 Å². The Balaban J connectivity index is 1.25. The van der Waals surface area contributed by atoms with Gasteiger partial charge in [-0.2, -0.15) is 0 Å². The van der Waals surface area contributed by atoms with Crippen LogP contribution in [0.5, 0.6) is 5.75 Å². The van der Waals surface area contributed by atoms with Gasteiger partial charge in [-0.1, -0.05) is 24.3 Å². The van der Waals surface area contributed by atoms with Gasteiger partial charge < -0.3 is 9.64 Å². The molecular weight excluding hydrogens is 388 g/mol. The lowest BCUT2D eigenvalue weighted by molar-refractivity contribution is -0.131. The predicted octanol–water partition coefficient (Wildman–Crippen LogP) is 3.88. The summed E-state index contributed by atoms with van der Waals surface area (Å²) in [5.41, 5.74) is 4.69. The molecule has 0 unspecified atom stereocenters. The zero-order valence-electron chi connectivity index (χ0n) is 18.4. The van der Waals surface area contributed by atoms with Crippen LogP contribution >= 0.6 is 0 Å². The Kier molecular flexibility index (Phi) is 7.03. The molecule has 1 heterocycles. The van der Waals surface area contributed by atoms with Gasteiger partial charge in [0.05, 0.1) is 7.11 Å². The minimum atomic E-state index is 0.0824. The molecule has 0 spiro atoms. The van der Waals surface area contributed by atoms with Crippen molar-refractivity contribution in [1.82, 2.24) is 9.80 Å². The highest BCUT2D eigenvalue weighted by Crippen LogP contribution is 2.23. The van der Waals surface area contributed by atoms with E-state index >= 15 is 0 Å². The maximum absolute atomic E-state index is 12.8. The zero-order valence-corrected chi connectivity index (χ0v) is 18.4. The number of nitrogens with zero attached hydrogens (tertiary/aromatic N) is 2. The van der Waals surface area contributed by atoms with Crippen molar-refractivity contribution < 1.29 is 14.3 Å². The Morgan fingerprint density at radius 2 is 1.68 bits per heavy atom. The molecule has 5 heteroatoms. The van der Waals surface area contributed by atoms with E-state index in [9.17, 15) is 9.59 Å². The maximum Gasteiger partial charge on any atom is 0.223 e. The van der Waals surface area contributed by atoms with Crippen LogP contribution in [0.15, 0.2) is 42.5 Å². The average Bonchev–Trinajstić information content (AvgIpc) is 3.15. The van der Waals surface area contributed by atoms with Crippen LogP contribution < -0.4 is 4.74 Å². The summed E-state index contributed by atoms with van der Waals surface area (Å²) in [5, 5.41) is 0. The molecule has 0 atom stereocenters. The molecule has 0 N–H and O–H groups in total. The lowest BCUT2D eigenvalue weighted by Gasteiger charge is -2.22. The monoisotopic (exact) mass is 420 g/mol. The molecule has 0 saturated carbocycles. The fourth-order valence-electron chi connectivity index (χ4n) is 4.64. The molecule has 164 valence electrons. The molecule has 0 aromatic heterocycles.